The van der Waals surface area contributed by atoms with Crippen LogP contribution in [0.1, 0.15) is 16.8 Å². The number of hydrogen-bond acceptors (Lipinski definition) is 4. The van der Waals surface area contributed by atoms with Gasteiger partial charge < -0.3 is 20.1 Å². The van der Waals surface area contributed by atoms with E-state index in [0.717, 1.165) is 0 Å². The van der Waals surface area contributed by atoms with Crippen molar-refractivity contribution in [1.29, 1.82) is 0 Å². The number of pyridine rings is 1. The Kier molecular flexibility index (Phi) is 4.05. The minimum Gasteiger partial charge on any atom is -0.477 e. The first-order valence-electron chi connectivity index (χ1n) is 6.20. The summed E-state index contributed by atoms with van der Waals surface area (Å²) in [5, 5.41) is 9.39. The lowest BCUT2D eigenvalue weighted by Gasteiger charge is -2.13. The van der Waals surface area contributed by atoms with Gasteiger partial charge >= 0.3 is 5.97 Å². The van der Waals surface area contributed by atoms with Gasteiger partial charge in [-0.1, -0.05) is 6.07 Å². The lowest BCUT2D eigenvalue weighted by Crippen LogP contribution is -2.20. The van der Waals surface area contributed by atoms with Gasteiger partial charge in [-0.2, -0.15) is 0 Å². The molecule has 20 heavy (non-hydrogen) atoms. The van der Waals surface area contributed by atoms with Crippen molar-refractivity contribution in [2.45, 2.75) is 13.0 Å². The number of methoxy groups -OCH3 is 1. The molecule has 0 radical (unpaired) electrons. The largest absolute Gasteiger partial charge is 0.477 e. The van der Waals surface area contributed by atoms with Gasteiger partial charge in [0.15, 0.2) is 0 Å². The number of carbonyl (C=O) groups is 1. The van der Waals surface area contributed by atoms with Gasteiger partial charge in [0.05, 0.1) is 10.9 Å². The molecule has 0 bridgehead atoms. The highest BCUT2D eigenvalue weighted by Gasteiger charge is 2.15. The number of anilines is 1. The third-order valence-corrected chi connectivity index (χ3v) is 3.12. The third kappa shape index (κ3) is 2.50. The van der Waals surface area contributed by atoms with Crippen molar-refractivity contribution in [3.8, 4) is 0 Å². The topological polar surface area (TPSA) is 94.5 Å². The summed E-state index contributed by atoms with van der Waals surface area (Å²) in [7, 11) is 1.60. The van der Waals surface area contributed by atoms with Crippen LogP contribution in [0.5, 0.6) is 0 Å². The number of aromatic nitrogens is 1. The van der Waals surface area contributed by atoms with Crippen LogP contribution >= 0.6 is 0 Å². The summed E-state index contributed by atoms with van der Waals surface area (Å²) in [4.78, 5) is 23.4. The number of hydrogen-bond donors (Lipinski definition) is 2. The Morgan fingerprint density at radius 2 is 2.20 bits per heavy atom. The number of carboxylic acid groups (broad SMARTS) is 1. The second-order valence-electron chi connectivity index (χ2n) is 4.46. The Labute approximate surface area is 115 Å². The number of nitrogen functional groups attached to an aromatic ring is 1. The number of carboxylic acids is 1. The molecule has 2 aromatic rings. The fourth-order valence-electron chi connectivity index (χ4n) is 2.18. The molecule has 1 aromatic carbocycles. The summed E-state index contributed by atoms with van der Waals surface area (Å²) < 4.78 is 6.72. The predicted octanol–water partition coefficient (Wildman–Crippen LogP) is 1.32. The third-order valence-electron chi connectivity index (χ3n) is 3.12. The number of nitrogens with zero attached hydrogens (tertiary/aromatic N) is 1. The number of fused-ring (bicyclic) bond motifs is 1. The smallest absolute Gasteiger partial charge is 0.341 e. The van der Waals surface area contributed by atoms with Gasteiger partial charge in [-0.25, -0.2) is 4.79 Å². The van der Waals surface area contributed by atoms with E-state index in [1.54, 1.807) is 29.9 Å². The van der Waals surface area contributed by atoms with E-state index in [4.69, 9.17) is 15.6 Å². The summed E-state index contributed by atoms with van der Waals surface area (Å²) in [6, 6.07) is 5.09. The number of aryl methyl sites for hydroxylation is 1. The average Bonchev–Trinajstić information content (AvgIpc) is 2.41. The number of benzene rings is 1. The van der Waals surface area contributed by atoms with E-state index in [1.165, 1.54) is 6.20 Å². The van der Waals surface area contributed by atoms with Crippen molar-refractivity contribution < 1.29 is 14.6 Å². The second-order valence-corrected chi connectivity index (χ2v) is 4.46. The first kappa shape index (κ1) is 14.1. The second kappa shape index (κ2) is 5.75. The minimum absolute atomic E-state index is 0.254. The molecular formula is C14H16N2O4. The van der Waals surface area contributed by atoms with Crippen LogP contribution in [0.25, 0.3) is 10.9 Å². The molecule has 2 rings (SSSR count). The molecule has 1 heterocycles. The summed E-state index contributed by atoms with van der Waals surface area (Å²) >= 11 is 0. The van der Waals surface area contributed by atoms with Crippen LogP contribution in [0, 0.1) is 0 Å². The van der Waals surface area contributed by atoms with Gasteiger partial charge in [0.25, 0.3) is 0 Å². The highest BCUT2D eigenvalue weighted by atomic mass is 16.5. The molecule has 0 aliphatic rings. The SMILES string of the molecule is COCCCn1cc(C(=O)O)c(=O)c2c(N)cccc21. The van der Waals surface area contributed by atoms with E-state index < -0.39 is 11.4 Å². The number of aromatic carboxylic acids is 1. The zero-order valence-electron chi connectivity index (χ0n) is 11.1. The fraction of sp³-hybridized carbons (Fsp3) is 0.286. The van der Waals surface area contributed by atoms with Gasteiger partial charge in [0.1, 0.15) is 5.56 Å². The molecule has 0 atom stereocenters. The van der Waals surface area contributed by atoms with Crippen LogP contribution in [-0.4, -0.2) is 29.4 Å². The van der Waals surface area contributed by atoms with Crippen molar-refractivity contribution in [3.05, 3.63) is 40.2 Å². The van der Waals surface area contributed by atoms with Crippen LogP contribution in [0.2, 0.25) is 0 Å². The Morgan fingerprint density at radius 1 is 1.45 bits per heavy atom. The quantitative estimate of drug-likeness (QED) is 0.634. The predicted molar refractivity (Wildman–Crippen MR) is 76.1 cm³/mol. The lowest BCUT2D eigenvalue weighted by atomic mass is 10.1. The van der Waals surface area contributed by atoms with E-state index in [1.807, 2.05) is 0 Å². The number of rotatable bonds is 5. The van der Waals surface area contributed by atoms with Crippen molar-refractivity contribution in [2.75, 3.05) is 19.5 Å². The summed E-state index contributed by atoms with van der Waals surface area (Å²) in [6.07, 6.45) is 2.07. The van der Waals surface area contributed by atoms with Gasteiger partial charge in [0, 0.05) is 32.1 Å². The zero-order valence-corrected chi connectivity index (χ0v) is 11.1. The molecule has 0 fully saturated rings. The number of nitrogens with two attached hydrogens (primary N) is 1. The van der Waals surface area contributed by atoms with Gasteiger partial charge in [0.2, 0.25) is 5.43 Å². The highest BCUT2D eigenvalue weighted by molar-refractivity contribution is 5.97. The van der Waals surface area contributed by atoms with E-state index >= 15 is 0 Å². The van der Waals surface area contributed by atoms with Crippen LogP contribution in [0.15, 0.2) is 29.2 Å². The Balaban J connectivity index is 2.67. The van der Waals surface area contributed by atoms with Gasteiger partial charge in [-0.15, -0.1) is 0 Å². The molecule has 0 unspecified atom stereocenters. The summed E-state index contributed by atoms with van der Waals surface area (Å²) in [5.41, 5.74) is 5.92. The van der Waals surface area contributed by atoms with Crippen LogP contribution in [-0.2, 0) is 11.3 Å². The molecule has 106 valence electrons. The maximum atomic E-state index is 12.2. The Morgan fingerprint density at radius 3 is 2.85 bits per heavy atom. The maximum absolute atomic E-state index is 12.2. The molecule has 0 spiro atoms. The van der Waals surface area contributed by atoms with Crippen LogP contribution in [0.4, 0.5) is 5.69 Å². The van der Waals surface area contributed by atoms with Crippen LogP contribution < -0.4 is 11.2 Å². The Bertz CT molecular complexity index is 706. The van der Waals surface area contributed by atoms with E-state index in [-0.39, 0.29) is 16.6 Å². The van der Waals surface area contributed by atoms with Gasteiger partial charge in [-0.3, -0.25) is 4.79 Å². The van der Waals surface area contributed by atoms with Gasteiger partial charge in [-0.05, 0) is 18.6 Å². The van der Waals surface area contributed by atoms with Crippen molar-refractivity contribution in [3.63, 3.8) is 0 Å². The van der Waals surface area contributed by atoms with Crippen LogP contribution in [0.3, 0.4) is 0 Å². The average molecular weight is 276 g/mol. The summed E-state index contributed by atoms with van der Waals surface area (Å²) in [6.45, 7) is 1.10. The molecule has 1 aromatic heterocycles. The molecule has 3 N–H and O–H groups in total. The molecule has 6 heteroatoms. The molecule has 0 amide bonds. The fourth-order valence-corrected chi connectivity index (χ4v) is 2.18. The maximum Gasteiger partial charge on any atom is 0.341 e. The summed E-state index contributed by atoms with van der Waals surface area (Å²) in [5.74, 6) is -1.25. The van der Waals surface area contributed by atoms with E-state index in [0.29, 0.717) is 25.1 Å². The molecule has 0 saturated heterocycles. The monoisotopic (exact) mass is 276 g/mol. The molecule has 0 saturated carbocycles. The molecular weight excluding hydrogens is 260 g/mol. The van der Waals surface area contributed by atoms with E-state index in [9.17, 15) is 9.59 Å². The minimum atomic E-state index is -1.25. The molecule has 0 aliphatic carbocycles. The Hall–Kier alpha value is -2.34. The highest BCUT2D eigenvalue weighted by Crippen LogP contribution is 2.18. The van der Waals surface area contributed by atoms with Crippen molar-refractivity contribution in [1.82, 2.24) is 4.57 Å². The first-order chi connectivity index (χ1) is 9.56. The normalized spacial score (nSPS) is 10.8. The zero-order chi connectivity index (χ0) is 14.7. The molecule has 6 nitrogen and oxygen atoms in total. The first-order valence-corrected chi connectivity index (χ1v) is 6.20. The molecule has 0 aliphatic heterocycles. The van der Waals surface area contributed by atoms with E-state index in [2.05, 4.69) is 0 Å². The lowest BCUT2D eigenvalue weighted by molar-refractivity contribution is 0.0695. The van der Waals surface area contributed by atoms with Crippen molar-refractivity contribution >= 4 is 22.6 Å². The standard InChI is InChI=1S/C14H16N2O4/c1-20-7-3-6-16-8-9(14(18)19)13(17)12-10(15)4-2-5-11(12)16/h2,4-5,8H,3,6-7,15H2,1H3,(H,18,19). The van der Waals surface area contributed by atoms with Crippen molar-refractivity contribution in [2.24, 2.45) is 0 Å². The number of ether oxygens (including phenoxy) is 1.